The average molecular weight is 445 g/mol. The smallest absolute Gasteiger partial charge is 0.253 e. The van der Waals surface area contributed by atoms with Crippen molar-refractivity contribution in [3.8, 4) is 0 Å². The second-order valence-corrected chi connectivity index (χ2v) is 9.70. The first kappa shape index (κ1) is 21.6. The van der Waals surface area contributed by atoms with Gasteiger partial charge in [0.25, 0.3) is 5.91 Å². The van der Waals surface area contributed by atoms with Gasteiger partial charge in [-0.25, -0.2) is 0 Å². The fourth-order valence-electron chi connectivity index (χ4n) is 5.65. The number of hydrogen-bond donors (Lipinski definition) is 0. The zero-order valence-electron chi connectivity index (χ0n) is 18.9. The molecule has 0 aromatic heterocycles. The lowest BCUT2D eigenvalue weighted by atomic mass is 9.77. The molecule has 6 nitrogen and oxygen atoms in total. The zero-order valence-corrected chi connectivity index (χ0v) is 18.9. The summed E-state index contributed by atoms with van der Waals surface area (Å²) in [5.41, 5.74) is 2.81. The number of piperidine rings is 1. The number of carbonyl (C=O) groups excluding carboxylic acids is 4. The van der Waals surface area contributed by atoms with E-state index in [-0.39, 0.29) is 41.1 Å². The van der Waals surface area contributed by atoms with Crippen LogP contribution >= 0.6 is 0 Å². The fourth-order valence-corrected chi connectivity index (χ4v) is 5.65. The third-order valence-corrected chi connectivity index (χ3v) is 7.72. The Hall–Kier alpha value is -3.28. The molecule has 3 aliphatic rings. The molecule has 0 saturated carbocycles. The number of likely N-dealkylation sites (tertiary alicyclic amines) is 2. The molecule has 0 N–H and O–H groups in total. The summed E-state index contributed by atoms with van der Waals surface area (Å²) < 4.78 is 0. The first-order chi connectivity index (χ1) is 15.9. The Morgan fingerprint density at radius 3 is 2.12 bits per heavy atom. The van der Waals surface area contributed by atoms with Gasteiger partial charge in [-0.2, -0.15) is 0 Å². The SMILES string of the molecule is CC(=O)c1ccc(C(=O)N2CCC3(CC2)CCN(C(=O)C2CC(=O)c4ccccc42)C3)cc1. The third-order valence-electron chi connectivity index (χ3n) is 7.72. The van der Waals surface area contributed by atoms with E-state index in [1.54, 1.807) is 24.3 Å². The molecule has 2 saturated heterocycles. The molecule has 2 aromatic carbocycles. The Kier molecular flexibility index (Phi) is 5.39. The number of Topliss-reactive ketones (excluding diaryl/α,β-unsaturated/α-hetero) is 2. The Morgan fingerprint density at radius 1 is 0.848 bits per heavy atom. The molecule has 2 aliphatic heterocycles. The van der Waals surface area contributed by atoms with E-state index in [4.69, 9.17) is 0 Å². The van der Waals surface area contributed by atoms with Gasteiger partial charge in [0, 0.05) is 49.3 Å². The summed E-state index contributed by atoms with van der Waals surface area (Å²) in [6.45, 7) is 4.26. The summed E-state index contributed by atoms with van der Waals surface area (Å²) in [6.07, 6.45) is 2.95. The molecule has 0 radical (unpaired) electrons. The fraction of sp³-hybridized carbons (Fsp3) is 0.407. The summed E-state index contributed by atoms with van der Waals surface area (Å²) in [5.74, 6) is -0.259. The van der Waals surface area contributed by atoms with Crippen LogP contribution < -0.4 is 0 Å². The highest BCUT2D eigenvalue weighted by Gasteiger charge is 2.45. The molecule has 2 aromatic rings. The monoisotopic (exact) mass is 444 g/mol. The van der Waals surface area contributed by atoms with Crippen molar-refractivity contribution in [1.82, 2.24) is 9.80 Å². The molecule has 33 heavy (non-hydrogen) atoms. The highest BCUT2D eigenvalue weighted by atomic mass is 16.2. The van der Waals surface area contributed by atoms with E-state index >= 15 is 0 Å². The van der Waals surface area contributed by atoms with Crippen molar-refractivity contribution in [1.29, 1.82) is 0 Å². The Balaban J connectivity index is 1.21. The number of benzene rings is 2. The van der Waals surface area contributed by atoms with Gasteiger partial charge >= 0.3 is 0 Å². The van der Waals surface area contributed by atoms with Crippen LogP contribution in [0.15, 0.2) is 48.5 Å². The number of amides is 2. The summed E-state index contributed by atoms with van der Waals surface area (Å²) in [5, 5.41) is 0. The average Bonchev–Trinajstić information content (AvgIpc) is 3.40. The minimum Gasteiger partial charge on any atom is -0.342 e. The second-order valence-electron chi connectivity index (χ2n) is 9.70. The maximum atomic E-state index is 13.3. The van der Waals surface area contributed by atoms with Gasteiger partial charge in [-0.05, 0) is 49.3 Å². The van der Waals surface area contributed by atoms with Crippen LogP contribution in [0.4, 0.5) is 0 Å². The van der Waals surface area contributed by atoms with E-state index < -0.39 is 0 Å². The lowest BCUT2D eigenvalue weighted by molar-refractivity contribution is -0.132. The molecule has 2 amide bonds. The van der Waals surface area contributed by atoms with Gasteiger partial charge in [-0.15, -0.1) is 0 Å². The van der Waals surface area contributed by atoms with E-state index in [2.05, 4.69) is 0 Å². The highest BCUT2D eigenvalue weighted by Crippen LogP contribution is 2.43. The van der Waals surface area contributed by atoms with Gasteiger partial charge in [-0.3, -0.25) is 19.2 Å². The van der Waals surface area contributed by atoms with Crippen LogP contribution in [-0.4, -0.2) is 59.4 Å². The molecule has 5 rings (SSSR count). The molecule has 0 bridgehead atoms. The quantitative estimate of drug-likeness (QED) is 0.677. The molecule has 170 valence electrons. The van der Waals surface area contributed by atoms with Gasteiger partial charge < -0.3 is 9.80 Å². The topological polar surface area (TPSA) is 74.8 Å². The highest BCUT2D eigenvalue weighted by molar-refractivity contribution is 6.06. The molecule has 2 heterocycles. The molecule has 1 aliphatic carbocycles. The van der Waals surface area contributed by atoms with E-state index in [1.165, 1.54) is 6.92 Å². The van der Waals surface area contributed by atoms with E-state index in [9.17, 15) is 19.2 Å². The molecule has 6 heteroatoms. The van der Waals surface area contributed by atoms with Crippen LogP contribution in [0.2, 0.25) is 0 Å². The van der Waals surface area contributed by atoms with Crippen LogP contribution in [0, 0.1) is 5.41 Å². The first-order valence-corrected chi connectivity index (χ1v) is 11.7. The lowest BCUT2D eigenvalue weighted by Crippen LogP contribution is -2.45. The van der Waals surface area contributed by atoms with Crippen molar-refractivity contribution in [2.45, 2.75) is 38.5 Å². The van der Waals surface area contributed by atoms with E-state index in [0.29, 0.717) is 42.9 Å². The zero-order chi connectivity index (χ0) is 23.2. The number of fused-ring (bicyclic) bond motifs is 1. The summed E-state index contributed by atoms with van der Waals surface area (Å²) in [7, 11) is 0. The number of ketones is 2. The molecular formula is C27H28N2O4. The predicted octanol–water partition coefficient (Wildman–Crippen LogP) is 3.71. The van der Waals surface area contributed by atoms with Crippen molar-refractivity contribution in [3.05, 3.63) is 70.8 Å². The van der Waals surface area contributed by atoms with E-state index in [1.807, 2.05) is 34.1 Å². The Bertz CT molecular complexity index is 1130. The number of nitrogens with zero attached hydrogens (tertiary/aromatic N) is 2. The lowest BCUT2D eigenvalue weighted by Gasteiger charge is -2.39. The molecule has 2 fully saturated rings. The molecule has 1 atom stereocenters. The summed E-state index contributed by atoms with van der Waals surface area (Å²) in [4.78, 5) is 53.8. The minimum atomic E-state index is -0.358. The van der Waals surface area contributed by atoms with Gasteiger partial charge in [0.15, 0.2) is 11.6 Å². The van der Waals surface area contributed by atoms with Crippen LogP contribution in [0.3, 0.4) is 0 Å². The van der Waals surface area contributed by atoms with Crippen molar-refractivity contribution < 1.29 is 19.2 Å². The van der Waals surface area contributed by atoms with Gasteiger partial charge in [0.2, 0.25) is 5.91 Å². The molecule has 1 unspecified atom stereocenters. The van der Waals surface area contributed by atoms with Crippen LogP contribution in [0.25, 0.3) is 0 Å². The van der Waals surface area contributed by atoms with Crippen LogP contribution in [0.5, 0.6) is 0 Å². The largest absolute Gasteiger partial charge is 0.342 e. The van der Waals surface area contributed by atoms with Gasteiger partial charge in [0.05, 0.1) is 5.92 Å². The normalized spacial score (nSPS) is 21.4. The Morgan fingerprint density at radius 2 is 1.45 bits per heavy atom. The van der Waals surface area contributed by atoms with Crippen LogP contribution in [0.1, 0.15) is 75.2 Å². The van der Waals surface area contributed by atoms with Gasteiger partial charge in [-0.1, -0.05) is 36.4 Å². The second kappa shape index (κ2) is 8.25. The van der Waals surface area contributed by atoms with Crippen molar-refractivity contribution in [3.63, 3.8) is 0 Å². The predicted molar refractivity (Wildman–Crippen MR) is 123 cm³/mol. The maximum absolute atomic E-state index is 13.3. The summed E-state index contributed by atoms with van der Waals surface area (Å²) in [6, 6.07) is 14.3. The van der Waals surface area contributed by atoms with Crippen LogP contribution in [-0.2, 0) is 4.79 Å². The molecule has 1 spiro atoms. The number of hydrogen-bond acceptors (Lipinski definition) is 4. The van der Waals surface area contributed by atoms with Crippen molar-refractivity contribution in [2.75, 3.05) is 26.2 Å². The number of carbonyl (C=O) groups is 4. The maximum Gasteiger partial charge on any atom is 0.253 e. The standard InChI is InChI=1S/C27H28N2O4/c1-18(30)19-6-8-20(9-7-19)25(32)28-13-10-27(11-14-28)12-15-29(17-27)26(33)23-16-24(31)22-5-3-2-4-21(22)23/h2-9,23H,10-17H2,1H3. The Labute approximate surface area is 193 Å². The summed E-state index contributed by atoms with van der Waals surface area (Å²) >= 11 is 0. The van der Waals surface area contributed by atoms with Crippen molar-refractivity contribution >= 4 is 23.4 Å². The molecular weight excluding hydrogens is 416 g/mol. The minimum absolute atomic E-state index is 0.00745. The first-order valence-electron chi connectivity index (χ1n) is 11.7. The van der Waals surface area contributed by atoms with Gasteiger partial charge in [0.1, 0.15) is 0 Å². The number of rotatable bonds is 3. The third kappa shape index (κ3) is 3.88. The van der Waals surface area contributed by atoms with Crippen molar-refractivity contribution in [2.24, 2.45) is 5.41 Å². The van der Waals surface area contributed by atoms with E-state index in [0.717, 1.165) is 24.8 Å².